The van der Waals surface area contributed by atoms with E-state index in [9.17, 15) is 0 Å². The van der Waals surface area contributed by atoms with Crippen LogP contribution in [0.2, 0.25) is 0 Å². The lowest BCUT2D eigenvalue weighted by Crippen LogP contribution is -2.59. The van der Waals surface area contributed by atoms with E-state index in [2.05, 4.69) is 48.3 Å². The lowest BCUT2D eigenvalue weighted by molar-refractivity contribution is -0.0366. The van der Waals surface area contributed by atoms with Crippen molar-refractivity contribution in [1.82, 2.24) is 4.90 Å². The van der Waals surface area contributed by atoms with Crippen LogP contribution in [0.3, 0.4) is 0 Å². The number of fused-ring (bicyclic) bond motifs is 5. The van der Waals surface area contributed by atoms with E-state index in [0.717, 1.165) is 6.04 Å². The summed E-state index contributed by atoms with van der Waals surface area (Å²) in [5, 5.41) is 3.85. The molecular weight excluding hydrogens is 268 g/mol. The van der Waals surface area contributed by atoms with Crippen LogP contribution in [0.4, 0.5) is 5.69 Å². The fourth-order valence-electron chi connectivity index (χ4n) is 5.80. The van der Waals surface area contributed by atoms with Crippen LogP contribution in [-0.2, 0) is 0 Å². The van der Waals surface area contributed by atoms with Gasteiger partial charge in [-0.3, -0.25) is 4.90 Å². The Balaban J connectivity index is 1.77. The minimum absolute atomic E-state index is 0.563. The van der Waals surface area contributed by atoms with Gasteiger partial charge in [-0.15, -0.1) is 0 Å². The second kappa shape index (κ2) is 5.56. The van der Waals surface area contributed by atoms with E-state index in [1.807, 2.05) is 0 Å². The Morgan fingerprint density at radius 2 is 2.09 bits per heavy atom. The average Bonchev–Trinajstić information content (AvgIpc) is 2.93. The summed E-state index contributed by atoms with van der Waals surface area (Å²) in [5.74, 6) is 0.705. The van der Waals surface area contributed by atoms with Crippen molar-refractivity contribution < 1.29 is 0 Å². The van der Waals surface area contributed by atoms with Gasteiger partial charge in [-0.2, -0.15) is 0 Å². The predicted octanol–water partition coefficient (Wildman–Crippen LogP) is 4.63. The zero-order chi connectivity index (χ0) is 15.2. The molecule has 4 rings (SSSR count). The third kappa shape index (κ3) is 2.03. The summed E-state index contributed by atoms with van der Waals surface area (Å²) >= 11 is 0. The van der Waals surface area contributed by atoms with Crippen LogP contribution in [0.1, 0.15) is 63.9 Å². The molecule has 2 nitrogen and oxygen atoms in total. The summed E-state index contributed by atoms with van der Waals surface area (Å²) in [4.78, 5) is 2.85. The van der Waals surface area contributed by atoms with Crippen LogP contribution < -0.4 is 5.32 Å². The van der Waals surface area contributed by atoms with E-state index in [1.54, 1.807) is 5.56 Å². The Kier molecular flexibility index (Phi) is 3.68. The molecule has 0 aromatic heterocycles. The van der Waals surface area contributed by atoms with E-state index < -0.39 is 0 Å². The summed E-state index contributed by atoms with van der Waals surface area (Å²) < 4.78 is 0. The summed E-state index contributed by atoms with van der Waals surface area (Å²) in [6.07, 6.45) is 8.24. The van der Waals surface area contributed by atoms with Crippen molar-refractivity contribution in [3.63, 3.8) is 0 Å². The van der Waals surface area contributed by atoms with Crippen LogP contribution in [-0.4, -0.2) is 30.1 Å². The van der Waals surface area contributed by atoms with Crippen molar-refractivity contribution in [2.45, 2.75) is 70.4 Å². The quantitative estimate of drug-likeness (QED) is 0.875. The minimum atomic E-state index is 0.563. The number of nitrogens with one attached hydrogen (secondary N) is 1. The van der Waals surface area contributed by atoms with Crippen molar-refractivity contribution in [2.75, 3.05) is 18.4 Å². The van der Waals surface area contributed by atoms with Gasteiger partial charge in [0.1, 0.15) is 0 Å². The number of hydrogen-bond acceptors (Lipinski definition) is 2. The maximum absolute atomic E-state index is 3.85. The first-order valence-electron chi connectivity index (χ1n) is 9.38. The Hall–Kier alpha value is -1.02. The molecule has 1 aliphatic carbocycles. The van der Waals surface area contributed by atoms with Crippen molar-refractivity contribution in [3.8, 4) is 0 Å². The molecule has 1 aromatic rings. The van der Waals surface area contributed by atoms with Crippen molar-refractivity contribution in [3.05, 3.63) is 29.8 Å². The fourth-order valence-corrected chi connectivity index (χ4v) is 5.80. The topological polar surface area (TPSA) is 15.3 Å². The van der Waals surface area contributed by atoms with Gasteiger partial charge in [0.15, 0.2) is 0 Å². The molecule has 4 unspecified atom stereocenters. The highest BCUT2D eigenvalue weighted by atomic mass is 15.2. The zero-order valence-electron chi connectivity index (χ0n) is 14.1. The van der Waals surface area contributed by atoms with E-state index >= 15 is 0 Å². The summed E-state index contributed by atoms with van der Waals surface area (Å²) in [5.41, 5.74) is 3.57. The molecule has 1 aromatic carbocycles. The highest BCUT2D eigenvalue weighted by Gasteiger charge is 2.54. The second-order valence-corrected chi connectivity index (χ2v) is 7.70. The highest BCUT2D eigenvalue weighted by molar-refractivity contribution is 5.60. The third-order valence-corrected chi connectivity index (χ3v) is 6.74. The van der Waals surface area contributed by atoms with E-state index in [-0.39, 0.29) is 0 Å². The summed E-state index contributed by atoms with van der Waals surface area (Å²) in [6, 6.07) is 10.5. The summed E-state index contributed by atoms with van der Waals surface area (Å²) in [7, 11) is 0. The fraction of sp³-hybridized carbons (Fsp3) is 0.700. The van der Waals surface area contributed by atoms with Gasteiger partial charge in [0.05, 0.1) is 0 Å². The first-order chi connectivity index (χ1) is 10.8. The van der Waals surface area contributed by atoms with Gasteiger partial charge in [0.2, 0.25) is 0 Å². The third-order valence-electron chi connectivity index (χ3n) is 6.74. The Bertz CT molecular complexity index is 538. The molecule has 120 valence electrons. The number of likely N-dealkylation sites (tertiary alicyclic amines) is 1. The number of hydrogen-bond donors (Lipinski definition) is 1. The smallest absolute Gasteiger partial charge is 0.0379 e. The van der Waals surface area contributed by atoms with E-state index in [4.69, 9.17) is 0 Å². The molecule has 0 spiro atoms. The molecule has 2 heteroatoms. The van der Waals surface area contributed by atoms with Crippen LogP contribution in [0, 0.1) is 5.41 Å². The van der Waals surface area contributed by atoms with Gasteiger partial charge >= 0.3 is 0 Å². The number of para-hydroxylation sites is 1. The van der Waals surface area contributed by atoms with Crippen molar-refractivity contribution in [1.29, 1.82) is 0 Å². The van der Waals surface area contributed by atoms with Gasteiger partial charge in [-0.25, -0.2) is 0 Å². The number of anilines is 1. The molecule has 4 atom stereocenters. The minimum Gasteiger partial charge on any atom is -0.381 e. The molecule has 1 saturated heterocycles. The SMILES string of the molecule is CCCN1CCCC2(CC)CCC3Nc4ccccc4C3C12. The number of rotatable bonds is 3. The van der Waals surface area contributed by atoms with Gasteiger partial charge in [0, 0.05) is 23.7 Å². The van der Waals surface area contributed by atoms with Gasteiger partial charge in [-0.05, 0) is 68.7 Å². The highest BCUT2D eigenvalue weighted by Crippen LogP contribution is 2.56. The van der Waals surface area contributed by atoms with Crippen LogP contribution >= 0.6 is 0 Å². The maximum Gasteiger partial charge on any atom is 0.0379 e. The molecule has 0 bridgehead atoms. The average molecular weight is 298 g/mol. The lowest BCUT2D eigenvalue weighted by Gasteiger charge is -2.57. The van der Waals surface area contributed by atoms with Crippen LogP contribution in [0.5, 0.6) is 0 Å². The Morgan fingerprint density at radius 3 is 2.91 bits per heavy atom. The lowest BCUT2D eigenvalue weighted by atomic mass is 9.58. The first-order valence-corrected chi connectivity index (χ1v) is 9.38. The Morgan fingerprint density at radius 1 is 1.23 bits per heavy atom. The molecular formula is C20H30N2. The molecule has 1 N–H and O–H groups in total. The van der Waals surface area contributed by atoms with Gasteiger partial charge < -0.3 is 5.32 Å². The number of benzene rings is 1. The number of piperidine rings is 1. The largest absolute Gasteiger partial charge is 0.381 e. The molecule has 2 heterocycles. The van der Waals surface area contributed by atoms with Crippen molar-refractivity contribution >= 4 is 5.69 Å². The molecule has 1 saturated carbocycles. The normalized spacial score (nSPS) is 37.1. The summed E-state index contributed by atoms with van der Waals surface area (Å²) in [6.45, 7) is 7.36. The zero-order valence-corrected chi connectivity index (χ0v) is 14.1. The Labute approximate surface area is 135 Å². The molecule has 22 heavy (non-hydrogen) atoms. The van der Waals surface area contributed by atoms with Crippen LogP contribution in [0.15, 0.2) is 24.3 Å². The number of nitrogens with zero attached hydrogens (tertiary/aromatic N) is 1. The monoisotopic (exact) mass is 298 g/mol. The second-order valence-electron chi connectivity index (χ2n) is 7.70. The molecule has 2 fully saturated rings. The van der Waals surface area contributed by atoms with Crippen LogP contribution in [0.25, 0.3) is 0 Å². The maximum atomic E-state index is 3.85. The van der Waals surface area contributed by atoms with Gasteiger partial charge in [0.25, 0.3) is 0 Å². The van der Waals surface area contributed by atoms with Gasteiger partial charge in [-0.1, -0.05) is 32.0 Å². The van der Waals surface area contributed by atoms with Crippen molar-refractivity contribution in [2.24, 2.45) is 5.41 Å². The molecule has 3 aliphatic rings. The van der Waals surface area contributed by atoms with E-state index in [0.29, 0.717) is 17.4 Å². The molecule has 0 radical (unpaired) electrons. The predicted molar refractivity (Wildman–Crippen MR) is 93.4 cm³/mol. The standard InChI is InChI=1S/C20H30N2/c1-3-13-22-14-7-11-20(4-2)12-10-17-18(19(20)22)15-8-5-6-9-16(15)21-17/h5-6,8-9,17-19,21H,3-4,7,10-14H2,1-2H3. The molecule has 2 aliphatic heterocycles. The van der Waals surface area contributed by atoms with E-state index in [1.165, 1.54) is 57.3 Å². The first kappa shape index (κ1) is 14.6. The molecule has 0 amide bonds.